The van der Waals surface area contributed by atoms with Crippen LogP contribution in [0.25, 0.3) is 0 Å². The second-order valence-corrected chi connectivity index (χ2v) is 8.13. The summed E-state index contributed by atoms with van der Waals surface area (Å²) in [6, 6.07) is 11.1. The summed E-state index contributed by atoms with van der Waals surface area (Å²) in [5, 5.41) is 0. The normalized spacial score (nSPS) is 16.9. The van der Waals surface area contributed by atoms with E-state index in [-0.39, 0.29) is 6.10 Å². The second kappa shape index (κ2) is 10.2. The molecule has 1 fully saturated rings. The number of rotatable bonds is 8. The van der Waals surface area contributed by atoms with Crippen LogP contribution in [-0.4, -0.2) is 61.7 Å². The number of likely N-dealkylation sites (N-methyl/N-ethyl adjacent to an activating group) is 1. The lowest BCUT2D eigenvalue weighted by Gasteiger charge is -2.38. The van der Waals surface area contributed by atoms with Gasteiger partial charge in [-0.1, -0.05) is 30.3 Å². The Morgan fingerprint density at radius 2 is 1.83 bits per heavy atom. The van der Waals surface area contributed by atoms with E-state index in [4.69, 9.17) is 9.47 Å². The van der Waals surface area contributed by atoms with E-state index < -0.39 is 0 Å². The van der Waals surface area contributed by atoms with Gasteiger partial charge in [0, 0.05) is 56.7 Å². The van der Waals surface area contributed by atoms with Crippen LogP contribution in [0.1, 0.15) is 41.3 Å². The SMILES string of the molecule is COc1c(C)cnc(CN2CCC(N(C)CC(OC)c3ccccc3)CC2)c1C. The van der Waals surface area contributed by atoms with Gasteiger partial charge in [-0.2, -0.15) is 0 Å². The molecule has 1 atom stereocenters. The predicted octanol–water partition coefficient (Wildman–Crippen LogP) is 3.99. The fraction of sp³-hybridized carbons (Fsp3) is 0.542. The maximum absolute atomic E-state index is 5.77. The number of hydrogen-bond donors (Lipinski definition) is 0. The Bertz CT molecular complexity index is 773. The first-order valence-electron chi connectivity index (χ1n) is 10.5. The molecule has 1 aliphatic heterocycles. The topological polar surface area (TPSA) is 37.8 Å². The molecule has 1 aromatic heterocycles. The zero-order chi connectivity index (χ0) is 20.8. The number of nitrogens with zero attached hydrogens (tertiary/aromatic N) is 3. The maximum Gasteiger partial charge on any atom is 0.128 e. The van der Waals surface area contributed by atoms with Gasteiger partial charge in [-0.25, -0.2) is 0 Å². The Balaban J connectivity index is 1.54. The van der Waals surface area contributed by atoms with Crippen LogP contribution in [0.2, 0.25) is 0 Å². The van der Waals surface area contributed by atoms with Gasteiger partial charge in [0.1, 0.15) is 5.75 Å². The Morgan fingerprint density at radius 3 is 2.45 bits per heavy atom. The summed E-state index contributed by atoms with van der Waals surface area (Å²) >= 11 is 0. The molecule has 0 bridgehead atoms. The molecule has 29 heavy (non-hydrogen) atoms. The van der Waals surface area contributed by atoms with Gasteiger partial charge in [0.05, 0.1) is 18.9 Å². The van der Waals surface area contributed by atoms with Crippen molar-refractivity contribution < 1.29 is 9.47 Å². The lowest BCUT2D eigenvalue weighted by Crippen LogP contribution is -2.44. The van der Waals surface area contributed by atoms with Gasteiger partial charge in [0.2, 0.25) is 0 Å². The highest BCUT2D eigenvalue weighted by molar-refractivity contribution is 5.41. The molecule has 2 aromatic rings. The number of piperidine rings is 1. The monoisotopic (exact) mass is 397 g/mol. The third-order valence-electron chi connectivity index (χ3n) is 6.21. The van der Waals surface area contributed by atoms with Crippen molar-refractivity contribution in [2.75, 3.05) is 40.9 Å². The van der Waals surface area contributed by atoms with Crippen molar-refractivity contribution >= 4 is 0 Å². The molecular formula is C24H35N3O2. The highest BCUT2D eigenvalue weighted by Crippen LogP contribution is 2.26. The molecular weight excluding hydrogens is 362 g/mol. The number of benzene rings is 1. The largest absolute Gasteiger partial charge is 0.496 e. The number of pyridine rings is 1. The molecule has 5 nitrogen and oxygen atoms in total. The minimum atomic E-state index is 0.117. The van der Waals surface area contributed by atoms with Crippen LogP contribution in [0.3, 0.4) is 0 Å². The highest BCUT2D eigenvalue weighted by Gasteiger charge is 2.25. The molecule has 0 radical (unpaired) electrons. The van der Waals surface area contributed by atoms with Crippen molar-refractivity contribution in [3.05, 3.63) is 58.9 Å². The zero-order valence-corrected chi connectivity index (χ0v) is 18.5. The van der Waals surface area contributed by atoms with E-state index in [0.717, 1.165) is 48.7 Å². The van der Waals surface area contributed by atoms with Crippen molar-refractivity contribution in [3.63, 3.8) is 0 Å². The van der Waals surface area contributed by atoms with Gasteiger partial charge in [-0.05, 0) is 39.3 Å². The van der Waals surface area contributed by atoms with Crippen LogP contribution in [-0.2, 0) is 11.3 Å². The lowest BCUT2D eigenvalue weighted by atomic mass is 10.0. The number of aromatic nitrogens is 1. The molecule has 0 saturated carbocycles. The summed E-state index contributed by atoms with van der Waals surface area (Å²) in [4.78, 5) is 9.65. The van der Waals surface area contributed by atoms with E-state index in [1.165, 1.54) is 18.4 Å². The second-order valence-electron chi connectivity index (χ2n) is 8.13. The number of ether oxygens (including phenoxy) is 2. The Morgan fingerprint density at radius 1 is 1.14 bits per heavy atom. The van der Waals surface area contributed by atoms with E-state index in [0.29, 0.717) is 6.04 Å². The van der Waals surface area contributed by atoms with E-state index in [1.54, 1.807) is 14.2 Å². The summed E-state index contributed by atoms with van der Waals surface area (Å²) in [7, 11) is 5.77. The van der Waals surface area contributed by atoms with Crippen LogP contribution in [0.4, 0.5) is 0 Å². The molecule has 1 unspecified atom stereocenters. The molecule has 0 aliphatic carbocycles. The number of hydrogen-bond acceptors (Lipinski definition) is 5. The molecule has 1 aliphatic rings. The standard InChI is InChI=1S/C24H35N3O2/c1-18-15-25-22(19(2)24(18)29-5)16-27-13-11-21(12-14-27)26(3)17-23(28-4)20-9-7-6-8-10-20/h6-10,15,21,23H,11-14,16-17H2,1-5H3. The van der Waals surface area contributed by atoms with Crippen molar-refractivity contribution in [3.8, 4) is 5.75 Å². The average Bonchev–Trinajstić information content (AvgIpc) is 2.75. The van der Waals surface area contributed by atoms with Gasteiger partial charge in [0.15, 0.2) is 0 Å². The first-order chi connectivity index (χ1) is 14.0. The van der Waals surface area contributed by atoms with Crippen molar-refractivity contribution in [1.29, 1.82) is 0 Å². The smallest absolute Gasteiger partial charge is 0.128 e. The molecule has 0 spiro atoms. The number of methoxy groups -OCH3 is 2. The molecule has 1 aromatic carbocycles. The molecule has 0 amide bonds. The molecule has 5 heteroatoms. The fourth-order valence-electron chi connectivity index (χ4n) is 4.35. The summed E-state index contributed by atoms with van der Waals surface area (Å²) in [6.07, 6.45) is 4.38. The minimum absolute atomic E-state index is 0.117. The Labute approximate surface area is 175 Å². The Hall–Kier alpha value is -1.95. The third kappa shape index (κ3) is 5.35. The van der Waals surface area contributed by atoms with Gasteiger partial charge in [-0.3, -0.25) is 9.88 Å². The zero-order valence-electron chi connectivity index (χ0n) is 18.5. The number of likely N-dealkylation sites (tertiary alicyclic amines) is 1. The maximum atomic E-state index is 5.77. The number of aryl methyl sites for hydroxylation is 1. The first-order valence-corrected chi connectivity index (χ1v) is 10.5. The summed E-state index contributed by atoms with van der Waals surface area (Å²) in [5.41, 5.74) is 4.63. The quantitative estimate of drug-likeness (QED) is 0.673. The van der Waals surface area contributed by atoms with Crippen LogP contribution in [0.15, 0.2) is 36.5 Å². The van der Waals surface area contributed by atoms with Crippen molar-refractivity contribution in [2.45, 2.75) is 45.4 Å². The molecule has 3 rings (SSSR count). The van der Waals surface area contributed by atoms with Crippen LogP contribution < -0.4 is 4.74 Å². The van der Waals surface area contributed by atoms with Crippen molar-refractivity contribution in [2.24, 2.45) is 0 Å². The van der Waals surface area contributed by atoms with Gasteiger partial charge in [-0.15, -0.1) is 0 Å². The lowest BCUT2D eigenvalue weighted by molar-refractivity contribution is 0.0421. The predicted molar refractivity (Wildman–Crippen MR) is 117 cm³/mol. The van der Waals surface area contributed by atoms with Crippen LogP contribution in [0, 0.1) is 13.8 Å². The van der Waals surface area contributed by atoms with Crippen LogP contribution in [0.5, 0.6) is 5.75 Å². The average molecular weight is 398 g/mol. The summed E-state index contributed by atoms with van der Waals surface area (Å²) in [5.74, 6) is 0.969. The molecule has 1 saturated heterocycles. The van der Waals surface area contributed by atoms with Crippen LogP contribution >= 0.6 is 0 Å². The highest BCUT2D eigenvalue weighted by atomic mass is 16.5. The van der Waals surface area contributed by atoms with E-state index in [9.17, 15) is 0 Å². The minimum Gasteiger partial charge on any atom is -0.496 e. The van der Waals surface area contributed by atoms with Gasteiger partial charge >= 0.3 is 0 Å². The summed E-state index contributed by atoms with van der Waals surface area (Å²) < 4.78 is 11.3. The Kier molecular flexibility index (Phi) is 7.64. The van der Waals surface area contributed by atoms with Gasteiger partial charge in [0.25, 0.3) is 0 Å². The first kappa shape index (κ1) is 21.8. The third-order valence-corrected chi connectivity index (χ3v) is 6.21. The van der Waals surface area contributed by atoms with E-state index in [1.807, 2.05) is 13.1 Å². The molecule has 2 heterocycles. The van der Waals surface area contributed by atoms with Gasteiger partial charge < -0.3 is 14.4 Å². The molecule has 158 valence electrons. The van der Waals surface area contributed by atoms with Crippen molar-refractivity contribution in [1.82, 2.24) is 14.8 Å². The van der Waals surface area contributed by atoms with E-state index in [2.05, 4.69) is 59.1 Å². The molecule has 0 N–H and O–H groups in total. The van der Waals surface area contributed by atoms with E-state index >= 15 is 0 Å². The summed E-state index contributed by atoms with van der Waals surface area (Å²) in [6.45, 7) is 8.16. The fourth-order valence-corrected chi connectivity index (χ4v) is 4.35.